The predicted octanol–water partition coefficient (Wildman–Crippen LogP) is 3.68. The summed E-state index contributed by atoms with van der Waals surface area (Å²) in [6, 6.07) is 15.0. The van der Waals surface area contributed by atoms with Crippen molar-refractivity contribution in [3.8, 4) is 0 Å². The Morgan fingerprint density at radius 1 is 1.04 bits per heavy atom. The van der Waals surface area contributed by atoms with Crippen molar-refractivity contribution in [1.82, 2.24) is 0 Å². The van der Waals surface area contributed by atoms with Gasteiger partial charge in [0.1, 0.15) is 0 Å². The first-order valence-corrected chi connectivity index (χ1v) is 7.48. The molecule has 3 nitrogen and oxygen atoms in total. The number of para-hydroxylation sites is 1. The summed E-state index contributed by atoms with van der Waals surface area (Å²) < 4.78 is 0. The molecule has 2 amide bonds. The summed E-state index contributed by atoms with van der Waals surface area (Å²) in [4.78, 5) is 26.6. The number of anilines is 1. The molecule has 0 bridgehead atoms. The molecule has 23 heavy (non-hydrogen) atoms. The molecule has 0 atom stereocenters. The molecule has 0 unspecified atom stereocenters. The van der Waals surface area contributed by atoms with E-state index in [1.54, 1.807) is 6.08 Å². The minimum atomic E-state index is -0.298. The zero-order valence-corrected chi connectivity index (χ0v) is 13.0. The molecular formula is C20H17NO2. The molecule has 0 saturated heterocycles. The zero-order chi connectivity index (χ0) is 16.4. The highest BCUT2D eigenvalue weighted by Crippen LogP contribution is 2.33. The maximum Gasteiger partial charge on any atom is 0.266 e. The van der Waals surface area contributed by atoms with Crippen LogP contribution in [0.15, 0.2) is 67.3 Å². The van der Waals surface area contributed by atoms with Gasteiger partial charge in [0.15, 0.2) is 0 Å². The number of benzene rings is 2. The van der Waals surface area contributed by atoms with Gasteiger partial charge in [-0.1, -0.05) is 54.6 Å². The molecule has 3 heteroatoms. The lowest BCUT2D eigenvalue weighted by molar-refractivity contribution is -0.119. The molecule has 0 N–H and O–H groups in total. The van der Waals surface area contributed by atoms with Crippen LogP contribution in [-0.4, -0.2) is 11.8 Å². The summed E-state index contributed by atoms with van der Waals surface area (Å²) in [7, 11) is 0. The maximum atomic E-state index is 12.8. The highest BCUT2D eigenvalue weighted by molar-refractivity contribution is 6.43. The zero-order valence-electron chi connectivity index (χ0n) is 13.0. The van der Waals surface area contributed by atoms with E-state index in [2.05, 4.69) is 6.58 Å². The average Bonchev–Trinajstić information content (AvgIpc) is 2.84. The molecular weight excluding hydrogens is 286 g/mol. The van der Waals surface area contributed by atoms with Gasteiger partial charge in [-0.3, -0.25) is 9.59 Å². The Labute approximate surface area is 135 Å². The fourth-order valence-electron chi connectivity index (χ4n) is 2.87. The molecule has 2 aromatic rings. The van der Waals surface area contributed by atoms with Crippen LogP contribution in [0.25, 0.3) is 5.57 Å². The fraction of sp³-hybridized carbons (Fsp3) is 0.100. The van der Waals surface area contributed by atoms with Crippen LogP contribution in [0.3, 0.4) is 0 Å². The number of aryl methyl sites for hydroxylation is 1. The van der Waals surface area contributed by atoms with E-state index < -0.39 is 0 Å². The van der Waals surface area contributed by atoms with Gasteiger partial charge in [0.2, 0.25) is 0 Å². The Morgan fingerprint density at radius 3 is 2.48 bits per heavy atom. The van der Waals surface area contributed by atoms with Gasteiger partial charge in [0.25, 0.3) is 11.8 Å². The minimum absolute atomic E-state index is 0.277. The van der Waals surface area contributed by atoms with Crippen LogP contribution in [-0.2, 0) is 16.0 Å². The number of hydrogen-bond acceptors (Lipinski definition) is 2. The van der Waals surface area contributed by atoms with Gasteiger partial charge in [-0.2, -0.15) is 0 Å². The van der Waals surface area contributed by atoms with Crippen LogP contribution in [0, 0.1) is 6.92 Å². The van der Waals surface area contributed by atoms with Gasteiger partial charge in [0.05, 0.1) is 11.3 Å². The second-order valence-electron chi connectivity index (χ2n) is 5.48. The number of rotatable bonds is 4. The molecule has 0 spiro atoms. The van der Waals surface area contributed by atoms with E-state index >= 15 is 0 Å². The normalized spacial score (nSPS) is 14.1. The van der Waals surface area contributed by atoms with Gasteiger partial charge in [0, 0.05) is 6.08 Å². The number of imide groups is 1. The van der Waals surface area contributed by atoms with Crippen LogP contribution >= 0.6 is 0 Å². The van der Waals surface area contributed by atoms with E-state index in [1.165, 1.54) is 11.0 Å². The second kappa shape index (κ2) is 6.05. The summed E-state index contributed by atoms with van der Waals surface area (Å²) in [5, 5.41) is 0. The van der Waals surface area contributed by atoms with E-state index in [-0.39, 0.29) is 11.8 Å². The number of nitrogens with zero attached hydrogens (tertiary/aromatic N) is 1. The van der Waals surface area contributed by atoms with Gasteiger partial charge in [-0.15, -0.1) is 6.58 Å². The van der Waals surface area contributed by atoms with Crippen molar-refractivity contribution in [1.29, 1.82) is 0 Å². The number of allylic oxidation sites excluding steroid dienone is 1. The predicted molar refractivity (Wildman–Crippen MR) is 92.0 cm³/mol. The molecule has 0 aliphatic carbocycles. The van der Waals surface area contributed by atoms with Crippen LogP contribution < -0.4 is 4.90 Å². The number of amides is 2. The van der Waals surface area contributed by atoms with E-state index in [0.29, 0.717) is 17.7 Å². The first-order valence-electron chi connectivity index (χ1n) is 7.48. The first-order chi connectivity index (χ1) is 11.1. The molecule has 0 fully saturated rings. The maximum absolute atomic E-state index is 12.8. The van der Waals surface area contributed by atoms with E-state index in [9.17, 15) is 9.59 Å². The largest absolute Gasteiger partial charge is 0.269 e. The number of carbonyl (C=O) groups excluding carboxylic acids is 2. The molecule has 3 rings (SSSR count). The lowest BCUT2D eigenvalue weighted by Crippen LogP contribution is -2.32. The SMILES string of the molecule is C=CCc1cccc(C)c1N1C(=O)C=C(c2ccccc2)C1=O. The molecule has 0 aromatic heterocycles. The quantitative estimate of drug-likeness (QED) is 0.638. The van der Waals surface area contributed by atoms with E-state index in [0.717, 1.165) is 16.7 Å². The van der Waals surface area contributed by atoms with E-state index in [1.807, 2.05) is 55.5 Å². The van der Waals surface area contributed by atoms with Crippen LogP contribution in [0.2, 0.25) is 0 Å². The van der Waals surface area contributed by atoms with Gasteiger partial charge < -0.3 is 0 Å². The topological polar surface area (TPSA) is 37.4 Å². The molecule has 0 saturated carbocycles. The Balaban J connectivity index is 2.06. The Hall–Kier alpha value is -2.94. The molecule has 1 heterocycles. The van der Waals surface area contributed by atoms with Crippen molar-refractivity contribution in [2.75, 3.05) is 4.90 Å². The lowest BCUT2D eigenvalue weighted by Gasteiger charge is -2.21. The molecule has 1 aliphatic rings. The molecule has 1 aliphatic heterocycles. The van der Waals surface area contributed by atoms with Gasteiger partial charge >= 0.3 is 0 Å². The summed E-state index contributed by atoms with van der Waals surface area (Å²) in [5.41, 5.74) is 3.68. The fourth-order valence-corrected chi connectivity index (χ4v) is 2.87. The monoisotopic (exact) mass is 303 g/mol. The second-order valence-corrected chi connectivity index (χ2v) is 5.48. The highest BCUT2D eigenvalue weighted by atomic mass is 16.2. The minimum Gasteiger partial charge on any atom is -0.269 e. The summed E-state index contributed by atoms with van der Waals surface area (Å²) >= 11 is 0. The van der Waals surface area contributed by atoms with Crippen molar-refractivity contribution in [3.63, 3.8) is 0 Å². The Kier molecular flexibility index (Phi) is 3.94. The molecule has 2 aromatic carbocycles. The smallest absolute Gasteiger partial charge is 0.266 e. The first kappa shape index (κ1) is 15.0. The van der Waals surface area contributed by atoms with Crippen molar-refractivity contribution in [2.45, 2.75) is 13.3 Å². The highest BCUT2D eigenvalue weighted by Gasteiger charge is 2.34. The number of hydrogen-bond donors (Lipinski definition) is 0. The molecule has 0 radical (unpaired) electrons. The third kappa shape index (κ3) is 2.61. The van der Waals surface area contributed by atoms with Crippen molar-refractivity contribution >= 4 is 23.1 Å². The average molecular weight is 303 g/mol. The van der Waals surface area contributed by atoms with Crippen molar-refractivity contribution in [3.05, 3.63) is 84.0 Å². The van der Waals surface area contributed by atoms with Crippen molar-refractivity contribution < 1.29 is 9.59 Å². The summed E-state index contributed by atoms with van der Waals surface area (Å²) in [6.45, 7) is 5.66. The molecule has 114 valence electrons. The lowest BCUT2D eigenvalue weighted by atomic mass is 10.0. The summed E-state index contributed by atoms with van der Waals surface area (Å²) in [6.07, 6.45) is 3.80. The van der Waals surface area contributed by atoms with E-state index in [4.69, 9.17) is 0 Å². The van der Waals surface area contributed by atoms with Gasteiger partial charge in [-0.05, 0) is 30.0 Å². The van der Waals surface area contributed by atoms with Gasteiger partial charge in [-0.25, -0.2) is 4.90 Å². The van der Waals surface area contributed by atoms with Crippen LogP contribution in [0.4, 0.5) is 5.69 Å². The van der Waals surface area contributed by atoms with Crippen LogP contribution in [0.1, 0.15) is 16.7 Å². The Morgan fingerprint density at radius 2 is 1.78 bits per heavy atom. The van der Waals surface area contributed by atoms with Crippen LogP contribution in [0.5, 0.6) is 0 Å². The Bertz CT molecular complexity index is 819. The third-order valence-corrected chi connectivity index (χ3v) is 3.92. The van der Waals surface area contributed by atoms with Crippen molar-refractivity contribution in [2.24, 2.45) is 0 Å². The summed E-state index contributed by atoms with van der Waals surface area (Å²) in [5.74, 6) is -0.575. The standard InChI is InChI=1S/C20H17NO2/c1-3-8-16-12-7-9-14(2)19(16)21-18(22)13-17(20(21)23)15-10-5-4-6-11-15/h3-7,9-13H,1,8H2,2H3. The number of carbonyl (C=O) groups is 2. The third-order valence-electron chi connectivity index (χ3n) is 3.92.